The summed E-state index contributed by atoms with van der Waals surface area (Å²) in [5, 5.41) is 3.29. The van der Waals surface area contributed by atoms with E-state index in [1.807, 2.05) is 13.1 Å². The van der Waals surface area contributed by atoms with Gasteiger partial charge in [-0.1, -0.05) is 23.7 Å². The molecule has 1 N–H and O–H groups in total. The summed E-state index contributed by atoms with van der Waals surface area (Å²) in [4.78, 5) is 0. The maximum Gasteiger partial charge on any atom is 0.113 e. The first kappa shape index (κ1) is 7.87. The first-order valence-corrected chi connectivity index (χ1v) is 4.37. The van der Waals surface area contributed by atoms with Crippen LogP contribution in [-0.4, -0.2) is 14.9 Å². The van der Waals surface area contributed by atoms with Crippen molar-refractivity contribution in [3.05, 3.63) is 29.3 Å². The molecule has 1 aromatic carbocycles. The summed E-state index contributed by atoms with van der Waals surface area (Å²) < 4.78 is 0. The Labute approximate surface area is 74.6 Å². The lowest BCUT2D eigenvalue weighted by atomic mass is 9.92. The van der Waals surface area contributed by atoms with E-state index >= 15 is 0 Å². The maximum atomic E-state index is 5.72. The van der Waals surface area contributed by atoms with Crippen LogP contribution in [0.4, 0.5) is 0 Å². The molecule has 2 heteroatoms. The molecule has 0 bridgehead atoms. The standard InChI is InChI=1S/C10H12BN/c1-12-10-5-3-7-2-4-8(11)6-9(7)10/h2,4,6,10,12H,3,5H2,1H3/t10-/m1/s1. The highest BCUT2D eigenvalue weighted by molar-refractivity contribution is 6.32. The molecule has 0 aromatic heterocycles. The molecule has 0 saturated heterocycles. The van der Waals surface area contributed by atoms with Gasteiger partial charge in [0.15, 0.2) is 0 Å². The number of benzene rings is 1. The van der Waals surface area contributed by atoms with Gasteiger partial charge in [0.1, 0.15) is 7.85 Å². The summed E-state index contributed by atoms with van der Waals surface area (Å²) in [5.74, 6) is 0. The van der Waals surface area contributed by atoms with Crippen LogP contribution in [0.3, 0.4) is 0 Å². The van der Waals surface area contributed by atoms with Crippen LogP contribution in [0.1, 0.15) is 23.6 Å². The molecule has 0 saturated carbocycles. The lowest BCUT2D eigenvalue weighted by Crippen LogP contribution is -2.14. The van der Waals surface area contributed by atoms with Crippen LogP contribution in [0, 0.1) is 0 Å². The molecule has 1 aliphatic carbocycles. The average Bonchev–Trinajstić information content (AvgIpc) is 2.46. The minimum Gasteiger partial charge on any atom is -0.313 e. The second-order valence-corrected chi connectivity index (χ2v) is 3.34. The molecule has 0 fully saturated rings. The number of hydrogen-bond donors (Lipinski definition) is 1. The quantitative estimate of drug-likeness (QED) is 0.591. The maximum absolute atomic E-state index is 5.72. The van der Waals surface area contributed by atoms with Gasteiger partial charge in [-0.25, -0.2) is 0 Å². The summed E-state index contributed by atoms with van der Waals surface area (Å²) in [6.45, 7) is 0. The molecular formula is C10H12BN. The molecule has 2 rings (SSSR count). The lowest BCUT2D eigenvalue weighted by molar-refractivity contribution is 0.591. The summed E-state index contributed by atoms with van der Waals surface area (Å²) >= 11 is 0. The number of nitrogens with one attached hydrogen (secondary N) is 1. The van der Waals surface area contributed by atoms with Crippen LogP contribution in [0.25, 0.3) is 0 Å². The Morgan fingerprint density at radius 2 is 2.33 bits per heavy atom. The second-order valence-electron chi connectivity index (χ2n) is 3.34. The molecule has 2 radical (unpaired) electrons. The van der Waals surface area contributed by atoms with Gasteiger partial charge in [-0.2, -0.15) is 0 Å². The summed E-state index contributed by atoms with van der Waals surface area (Å²) in [5.41, 5.74) is 3.71. The van der Waals surface area contributed by atoms with E-state index in [1.54, 1.807) is 0 Å². The van der Waals surface area contributed by atoms with Gasteiger partial charge in [0.2, 0.25) is 0 Å². The third kappa shape index (κ3) is 1.16. The Hall–Kier alpha value is -0.755. The number of fused-ring (bicyclic) bond motifs is 1. The van der Waals surface area contributed by atoms with Crippen molar-refractivity contribution in [1.82, 2.24) is 5.32 Å². The molecule has 0 spiro atoms. The molecular weight excluding hydrogens is 145 g/mol. The van der Waals surface area contributed by atoms with E-state index in [9.17, 15) is 0 Å². The number of hydrogen-bond acceptors (Lipinski definition) is 1. The fourth-order valence-electron chi connectivity index (χ4n) is 1.92. The fourth-order valence-corrected chi connectivity index (χ4v) is 1.92. The minimum absolute atomic E-state index is 0.517. The first-order valence-electron chi connectivity index (χ1n) is 4.37. The van der Waals surface area contributed by atoms with Crippen molar-refractivity contribution in [3.8, 4) is 0 Å². The normalized spacial score (nSPS) is 20.9. The van der Waals surface area contributed by atoms with Crippen molar-refractivity contribution in [2.75, 3.05) is 7.05 Å². The topological polar surface area (TPSA) is 12.0 Å². The highest BCUT2D eigenvalue weighted by atomic mass is 14.9. The van der Waals surface area contributed by atoms with Gasteiger partial charge in [-0.3, -0.25) is 0 Å². The fraction of sp³-hybridized carbons (Fsp3) is 0.400. The van der Waals surface area contributed by atoms with Gasteiger partial charge in [-0.05, 0) is 31.0 Å². The van der Waals surface area contributed by atoms with Crippen molar-refractivity contribution >= 4 is 13.3 Å². The summed E-state index contributed by atoms with van der Waals surface area (Å²) in [6.07, 6.45) is 2.39. The van der Waals surface area contributed by atoms with Crippen LogP contribution in [-0.2, 0) is 6.42 Å². The lowest BCUT2D eigenvalue weighted by Gasteiger charge is -2.10. The Bertz CT molecular complexity index is 296. The molecule has 60 valence electrons. The van der Waals surface area contributed by atoms with Crippen molar-refractivity contribution < 1.29 is 0 Å². The van der Waals surface area contributed by atoms with E-state index in [1.165, 1.54) is 24.0 Å². The first-order chi connectivity index (χ1) is 5.81. The Morgan fingerprint density at radius 3 is 3.08 bits per heavy atom. The molecule has 1 aromatic rings. The van der Waals surface area contributed by atoms with Crippen LogP contribution in [0.2, 0.25) is 0 Å². The van der Waals surface area contributed by atoms with E-state index in [0.29, 0.717) is 6.04 Å². The predicted octanol–water partition coefficient (Wildman–Crippen LogP) is 0.687. The minimum atomic E-state index is 0.517. The zero-order valence-corrected chi connectivity index (χ0v) is 7.30. The second kappa shape index (κ2) is 2.94. The van der Waals surface area contributed by atoms with E-state index in [2.05, 4.69) is 17.4 Å². The largest absolute Gasteiger partial charge is 0.313 e. The van der Waals surface area contributed by atoms with E-state index < -0.39 is 0 Å². The zero-order chi connectivity index (χ0) is 8.55. The van der Waals surface area contributed by atoms with Crippen molar-refractivity contribution in [2.45, 2.75) is 18.9 Å². The molecule has 1 nitrogen and oxygen atoms in total. The van der Waals surface area contributed by atoms with Gasteiger partial charge in [0, 0.05) is 6.04 Å². The number of aryl methyl sites for hydroxylation is 1. The molecule has 0 unspecified atom stereocenters. The highest BCUT2D eigenvalue weighted by Gasteiger charge is 2.19. The van der Waals surface area contributed by atoms with E-state index in [4.69, 9.17) is 7.85 Å². The highest BCUT2D eigenvalue weighted by Crippen LogP contribution is 2.29. The van der Waals surface area contributed by atoms with Gasteiger partial charge < -0.3 is 5.32 Å². The summed E-state index contributed by atoms with van der Waals surface area (Å²) in [6, 6.07) is 6.73. The van der Waals surface area contributed by atoms with Crippen LogP contribution in [0.15, 0.2) is 18.2 Å². The molecule has 0 aliphatic heterocycles. The van der Waals surface area contributed by atoms with Gasteiger partial charge in [0.05, 0.1) is 0 Å². The van der Waals surface area contributed by atoms with Crippen LogP contribution >= 0.6 is 0 Å². The molecule has 1 aliphatic rings. The Morgan fingerprint density at radius 1 is 1.50 bits per heavy atom. The molecule has 0 heterocycles. The molecule has 12 heavy (non-hydrogen) atoms. The van der Waals surface area contributed by atoms with E-state index in [0.717, 1.165) is 5.46 Å². The zero-order valence-electron chi connectivity index (χ0n) is 7.30. The predicted molar refractivity (Wildman–Crippen MR) is 52.0 cm³/mol. The van der Waals surface area contributed by atoms with Crippen LogP contribution in [0.5, 0.6) is 0 Å². The average molecular weight is 157 g/mol. The van der Waals surface area contributed by atoms with E-state index in [-0.39, 0.29) is 0 Å². The van der Waals surface area contributed by atoms with Gasteiger partial charge in [0.25, 0.3) is 0 Å². The van der Waals surface area contributed by atoms with Crippen LogP contribution < -0.4 is 10.8 Å². The smallest absolute Gasteiger partial charge is 0.113 e. The Kier molecular flexibility index (Phi) is 1.93. The third-order valence-electron chi connectivity index (χ3n) is 2.60. The summed E-state index contributed by atoms with van der Waals surface area (Å²) in [7, 11) is 7.72. The van der Waals surface area contributed by atoms with Crippen molar-refractivity contribution in [1.29, 1.82) is 0 Å². The van der Waals surface area contributed by atoms with Gasteiger partial charge in [-0.15, -0.1) is 0 Å². The van der Waals surface area contributed by atoms with Gasteiger partial charge >= 0.3 is 0 Å². The van der Waals surface area contributed by atoms with Crippen molar-refractivity contribution in [2.24, 2.45) is 0 Å². The monoisotopic (exact) mass is 157 g/mol. The molecule has 1 atom stereocenters. The van der Waals surface area contributed by atoms with Crippen molar-refractivity contribution in [3.63, 3.8) is 0 Å². The Balaban J connectivity index is 2.42. The number of rotatable bonds is 1. The SMILES string of the molecule is [B]c1ccc2c(c1)[C@H](NC)CC2. The molecule has 0 amide bonds. The third-order valence-corrected chi connectivity index (χ3v) is 2.60.